The van der Waals surface area contributed by atoms with Crippen molar-refractivity contribution < 1.29 is 28.5 Å². The fraction of sp³-hybridized carbons (Fsp3) is 0.353. The highest BCUT2D eigenvalue weighted by atomic mass is 32.1. The van der Waals surface area contributed by atoms with E-state index in [9.17, 15) is 4.79 Å². The lowest BCUT2D eigenvalue weighted by Gasteiger charge is -2.23. The zero-order valence-corrected chi connectivity index (χ0v) is 26.7. The van der Waals surface area contributed by atoms with E-state index in [1.54, 1.807) is 26.2 Å². The largest absolute Gasteiger partial charge is 0.497 e. The van der Waals surface area contributed by atoms with Gasteiger partial charge in [-0.15, -0.1) is 11.3 Å². The summed E-state index contributed by atoms with van der Waals surface area (Å²) >= 11 is 1.49. The second-order valence-electron chi connectivity index (χ2n) is 10.6. The zero-order valence-electron chi connectivity index (χ0n) is 25.9. The number of hydrogen-bond acceptors (Lipinski definition) is 9. The highest BCUT2D eigenvalue weighted by Crippen LogP contribution is 2.34. The van der Waals surface area contributed by atoms with Crippen molar-refractivity contribution in [2.45, 2.75) is 39.4 Å². The van der Waals surface area contributed by atoms with Crippen LogP contribution in [-0.2, 0) is 32.5 Å². The molecule has 232 valence electrons. The number of amides is 1. The van der Waals surface area contributed by atoms with Gasteiger partial charge in [0.05, 0.1) is 27.9 Å². The third kappa shape index (κ3) is 7.43. The Balaban J connectivity index is 1.28. The van der Waals surface area contributed by atoms with Crippen LogP contribution < -0.4 is 23.7 Å². The molecule has 5 rings (SSSR count). The molecular formula is C34H39N3O6S. The predicted octanol–water partition coefficient (Wildman–Crippen LogP) is 5.98. The van der Waals surface area contributed by atoms with Gasteiger partial charge in [-0.1, -0.05) is 31.2 Å². The average molecular weight is 618 g/mol. The van der Waals surface area contributed by atoms with E-state index in [-0.39, 0.29) is 12.7 Å². The van der Waals surface area contributed by atoms with E-state index in [4.69, 9.17) is 28.7 Å². The smallest absolute Gasteiger partial charge is 0.273 e. The van der Waals surface area contributed by atoms with Crippen molar-refractivity contribution in [3.8, 4) is 28.7 Å². The molecule has 0 radical (unpaired) electrons. The molecule has 0 bridgehead atoms. The standard InChI is InChI=1S/C34H39N3O6S/c1-6-25-9-7-23(15-30(25)40-4)13-14-36(2)34(38)28-21-44-33(35-28)20-37(18-24-8-12-29-32(16-24)43-22-42-29)19-26-10-11-27(39-3)17-31(26)41-5/h7-12,15-17,21H,6,13-14,18-20,22H2,1-5H3. The Kier molecular flexibility index (Phi) is 10.2. The number of carbonyl (C=O) groups is 1. The quantitative estimate of drug-likeness (QED) is 0.171. The van der Waals surface area contributed by atoms with Gasteiger partial charge < -0.3 is 28.6 Å². The van der Waals surface area contributed by atoms with E-state index in [0.717, 1.165) is 63.3 Å². The summed E-state index contributed by atoms with van der Waals surface area (Å²) in [5, 5.41) is 2.70. The molecule has 1 aromatic heterocycles. The van der Waals surface area contributed by atoms with Crippen molar-refractivity contribution in [2.24, 2.45) is 0 Å². The number of nitrogens with zero attached hydrogens (tertiary/aromatic N) is 3. The van der Waals surface area contributed by atoms with Gasteiger partial charge in [-0.3, -0.25) is 9.69 Å². The number of benzene rings is 3. The molecular weight excluding hydrogens is 578 g/mol. The molecule has 0 N–H and O–H groups in total. The SMILES string of the molecule is CCc1ccc(CCN(C)C(=O)c2csc(CN(Cc3ccc4c(c3)OCO4)Cc3ccc(OC)cc3OC)n2)cc1OC. The average Bonchev–Trinajstić information content (AvgIpc) is 3.72. The first-order chi connectivity index (χ1) is 21.4. The summed E-state index contributed by atoms with van der Waals surface area (Å²) in [6.45, 7) is 4.70. The third-order valence-electron chi connectivity index (χ3n) is 7.68. The molecule has 1 aliphatic rings. The van der Waals surface area contributed by atoms with E-state index < -0.39 is 0 Å². The number of likely N-dealkylation sites (N-methyl/N-ethyl adjacent to an activating group) is 1. The highest BCUT2D eigenvalue weighted by molar-refractivity contribution is 7.09. The number of hydrogen-bond donors (Lipinski definition) is 0. The second-order valence-corrected chi connectivity index (χ2v) is 11.6. The summed E-state index contributed by atoms with van der Waals surface area (Å²) in [5.41, 5.74) is 4.86. The third-order valence-corrected chi connectivity index (χ3v) is 8.51. The van der Waals surface area contributed by atoms with Crippen LogP contribution in [0.15, 0.2) is 60.0 Å². The molecule has 0 atom stereocenters. The molecule has 0 saturated carbocycles. The summed E-state index contributed by atoms with van der Waals surface area (Å²) in [4.78, 5) is 22.1. The lowest BCUT2D eigenvalue weighted by atomic mass is 10.1. The monoisotopic (exact) mass is 617 g/mol. The lowest BCUT2D eigenvalue weighted by molar-refractivity contribution is 0.0791. The molecule has 0 saturated heterocycles. The zero-order chi connectivity index (χ0) is 31.1. The molecule has 0 fully saturated rings. The van der Waals surface area contributed by atoms with Gasteiger partial charge >= 0.3 is 0 Å². The number of aromatic nitrogens is 1. The van der Waals surface area contributed by atoms with Gasteiger partial charge in [-0.05, 0) is 53.8 Å². The van der Waals surface area contributed by atoms with Gasteiger partial charge in [-0.25, -0.2) is 4.98 Å². The Morgan fingerprint density at radius 2 is 1.61 bits per heavy atom. The normalized spacial score (nSPS) is 12.0. The van der Waals surface area contributed by atoms with Crippen LogP contribution in [0.25, 0.3) is 0 Å². The number of aryl methyl sites for hydroxylation is 1. The molecule has 0 spiro atoms. The van der Waals surface area contributed by atoms with Crippen molar-refractivity contribution in [3.63, 3.8) is 0 Å². The molecule has 0 unspecified atom stereocenters. The summed E-state index contributed by atoms with van der Waals surface area (Å²) in [5.74, 6) is 3.77. The Hall–Kier alpha value is -4.28. The van der Waals surface area contributed by atoms with Crippen LogP contribution in [0, 0.1) is 0 Å². The van der Waals surface area contributed by atoms with E-state index >= 15 is 0 Å². The summed E-state index contributed by atoms with van der Waals surface area (Å²) < 4.78 is 27.7. The van der Waals surface area contributed by atoms with Crippen molar-refractivity contribution in [1.29, 1.82) is 0 Å². The Labute approximate surface area is 262 Å². The number of ether oxygens (including phenoxy) is 5. The first-order valence-electron chi connectivity index (χ1n) is 14.6. The maximum atomic E-state index is 13.3. The van der Waals surface area contributed by atoms with Gasteiger partial charge in [0.1, 0.15) is 28.0 Å². The van der Waals surface area contributed by atoms with E-state index in [0.29, 0.717) is 31.9 Å². The minimum atomic E-state index is -0.0937. The summed E-state index contributed by atoms with van der Waals surface area (Å²) in [7, 11) is 6.81. The minimum Gasteiger partial charge on any atom is -0.497 e. The predicted molar refractivity (Wildman–Crippen MR) is 170 cm³/mol. The molecule has 1 amide bonds. The van der Waals surface area contributed by atoms with Gasteiger partial charge in [0.25, 0.3) is 5.91 Å². The number of rotatable bonds is 14. The first kappa shape index (κ1) is 31.2. The Morgan fingerprint density at radius 1 is 0.864 bits per heavy atom. The van der Waals surface area contributed by atoms with Crippen LogP contribution >= 0.6 is 11.3 Å². The topological polar surface area (TPSA) is 82.6 Å². The molecule has 44 heavy (non-hydrogen) atoms. The minimum absolute atomic E-state index is 0.0937. The number of thiazole rings is 1. The summed E-state index contributed by atoms with van der Waals surface area (Å²) in [6, 6.07) is 18.1. The van der Waals surface area contributed by atoms with Gasteiger partial charge in [0.2, 0.25) is 6.79 Å². The van der Waals surface area contributed by atoms with Crippen LogP contribution in [0.4, 0.5) is 0 Å². The van der Waals surface area contributed by atoms with Crippen molar-refractivity contribution in [3.05, 3.63) is 92.9 Å². The van der Waals surface area contributed by atoms with Crippen LogP contribution in [0.5, 0.6) is 28.7 Å². The second kappa shape index (κ2) is 14.5. The van der Waals surface area contributed by atoms with Gasteiger partial charge in [0.15, 0.2) is 11.5 Å². The van der Waals surface area contributed by atoms with Crippen LogP contribution in [0.2, 0.25) is 0 Å². The van der Waals surface area contributed by atoms with Crippen LogP contribution in [0.1, 0.15) is 44.7 Å². The van der Waals surface area contributed by atoms with Crippen molar-refractivity contribution in [2.75, 3.05) is 41.7 Å². The van der Waals surface area contributed by atoms with Crippen molar-refractivity contribution in [1.82, 2.24) is 14.8 Å². The number of fused-ring (bicyclic) bond motifs is 1. The number of carbonyl (C=O) groups excluding carboxylic acids is 1. The molecule has 10 heteroatoms. The number of methoxy groups -OCH3 is 3. The van der Waals surface area contributed by atoms with E-state index in [2.05, 4.69) is 30.0 Å². The summed E-state index contributed by atoms with van der Waals surface area (Å²) in [6.07, 6.45) is 1.64. The molecule has 2 heterocycles. The molecule has 9 nitrogen and oxygen atoms in total. The highest BCUT2D eigenvalue weighted by Gasteiger charge is 2.20. The molecule has 0 aliphatic carbocycles. The van der Waals surface area contributed by atoms with E-state index in [1.807, 2.05) is 48.8 Å². The van der Waals surface area contributed by atoms with E-state index in [1.165, 1.54) is 16.9 Å². The Bertz CT molecular complexity index is 1590. The fourth-order valence-electron chi connectivity index (χ4n) is 5.19. The van der Waals surface area contributed by atoms with Crippen LogP contribution in [0.3, 0.4) is 0 Å². The van der Waals surface area contributed by atoms with Gasteiger partial charge in [0, 0.05) is 43.7 Å². The molecule has 1 aliphatic heterocycles. The first-order valence-corrected chi connectivity index (χ1v) is 15.5. The van der Waals surface area contributed by atoms with Crippen LogP contribution in [-0.4, -0.2) is 62.4 Å². The van der Waals surface area contributed by atoms with Gasteiger partial charge in [-0.2, -0.15) is 0 Å². The fourth-order valence-corrected chi connectivity index (χ4v) is 6.00. The maximum absolute atomic E-state index is 13.3. The van der Waals surface area contributed by atoms with Crippen molar-refractivity contribution >= 4 is 17.2 Å². The molecule has 4 aromatic rings. The maximum Gasteiger partial charge on any atom is 0.273 e. The molecule has 3 aromatic carbocycles. The Morgan fingerprint density at radius 3 is 2.39 bits per heavy atom. The lowest BCUT2D eigenvalue weighted by Crippen LogP contribution is -2.29.